The van der Waals surface area contributed by atoms with Gasteiger partial charge in [0.25, 0.3) is 6.01 Å². The van der Waals surface area contributed by atoms with E-state index in [1.807, 2.05) is 19.9 Å². The van der Waals surface area contributed by atoms with E-state index in [1.165, 1.54) is 5.56 Å². The Hall–Kier alpha value is -1.97. The fourth-order valence-electron chi connectivity index (χ4n) is 2.13. The molecule has 2 aromatic rings. The maximum Gasteiger partial charge on any atom is 0.295 e. The van der Waals surface area contributed by atoms with Crippen LogP contribution in [0.15, 0.2) is 16.5 Å². The number of hydrogen-bond acceptors (Lipinski definition) is 4. The van der Waals surface area contributed by atoms with E-state index in [1.54, 1.807) is 14.2 Å². The van der Waals surface area contributed by atoms with Crippen LogP contribution in [0.25, 0.3) is 11.3 Å². The Morgan fingerprint density at radius 2 is 1.94 bits per heavy atom. The standard InChI is InChI=1S/C14H18N2O2/c1-8-6-9(2)12(11(7-8)17-5)13-10(3)18-14(15-4)16-13/h6-7H,1-5H3,(H,15,16). The van der Waals surface area contributed by atoms with E-state index in [2.05, 4.69) is 23.3 Å². The van der Waals surface area contributed by atoms with Gasteiger partial charge in [-0.05, 0) is 38.0 Å². The lowest BCUT2D eigenvalue weighted by atomic mass is 10.0. The van der Waals surface area contributed by atoms with Crippen LogP contribution in [0.2, 0.25) is 0 Å². The highest BCUT2D eigenvalue weighted by Gasteiger charge is 2.17. The van der Waals surface area contributed by atoms with E-state index in [0.29, 0.717) is 6.01 Å². The molecule has 0 aliphatic carbocycles. The van der Waals surface area contributed by atoms with Crippen molar-refractivity contribution in [3.05, 3.63) is 29.0 Å². The first-order valence-corrected chi connectivity index (χ1v) is 5.87. The van der Waals surface area contributed by atoms with E-state index in [9.17, 15) is 0 Å². The maximum absolute atomic E-state index is 5.53. The summed E-state index contributed by atoms with van der Waals surface area (Å²) in [5.41, 5.74) is 4.12. The van der Waals surface area contributed by atoms with Gasteiger partial charge in [0, 0.05) is 12.6 Å². The molecule has 2 rings (SSSR count). The van der Waals surface area contributed by atoms with Gasteiger partial charge in [0.15, 0.2) is 0 Å². The Kier molecular flexibility index (Phi) is 3.28. The number of hydrogen-bond donors (Lipinski definition) is 1. The number of methoxy groups -OCH3 is 1. The van der Waals surface area contributed by atoms with Gasteiger partial charge >= 0.3 is 0 Å². The molecule has 0 aliphatic heterocycles. The molecule has 1 N–H and O–H groups in total. The zero-order valence-corrected chi connectivity index (χ0v) is 11.4. The Bertz CT molecular complexity index is 573. The van der Waals surface area contributed by atoms with Crippen LogP contribution in [0.1, 0.15) is 16.9 Å². The Morgan fingerprint density at radius 1 is 1.22 bits per heavy atom. The number of nitrogens with zero attached hydrogens (tertiary/aromatic N) is 1. The average Bonchev–Trinajstić information content (AvgIpc) is 2.69. The highest BCUT2D eigenvalue weighted by atomic mass is 16.5. The van der Waals surface area contributed by atoms with Gasteiger partial charge in [0.2, 0.25) is 0 Å². The third kappa shape index (κ3) is 2.06. The molecule has 0 saturated heterocycles. The normalized spacial score (nSPS) is 10.5. The first-order chi connectivity index (χ1) is 8.56. The minimum absolute atomic E-state index is 0.518. The quantitative estimate of drug-likeness (QED) is 0.902. The second-order valence-corrected chi connectivity index (χ2v) is 4.33. The zero-order chi connectivity index (χ0) is 13.3. The van der Waals surface area contributed by atoms with Crippen LogP contribution in [0.5, 0.6) is 5.75 Å². The van der Waals surface area contributed by atoms with Gasteiger partial charge in [-0.1, -0.05) is 6.07 Å². The van der Waals surface area contributed by atoms with Gasteiger partial charge in [0.05, 0.1) is 7.11 Å². The average molecular weight is 246 g/mol. The highest BCUT2D eigenvalue weighted by Crippen LogP contribution is 2.36. The van der Waals surface area contributed by atoms with E-state index in [0.717, 1.165) is 28.3 Å². The summed E-state index contributed by atoms with van der Waals surface area (Å²) in [7, 11) is 3.46. The lowest BCUT2D eigenvalue weighted by Crippen LogP contribution is -1.94. The molecule has 18 heavy (non-hydrogen) atoms. The summed E-state index contributed by atoms with van der Waals surface area (Å²) in [6, 6.07) is 4.64. The Labute approximate surface area is 107 Å². The van der Waals surface area contributed by atoms with Crippen LogP contribution in [-0.4, -0.2) is 19.1 Å². The SMILES string of the molecule is CNc1nc(-c2c(C)cc(C)cc2OC)c(C)o1. The lowest BCUT2D eigenvalue weighted by molar-refractivity contribution is 0.415. The molecule has 1 aromatic heterocycles. The number of ether oxygens (including phenoxy) is 1. The van der Waals surface area contributed by atoms with Crippen LogP contribution in [0.4, 0.5) is 6.01 Å². The predicted molar refractivity (Wildman–Crippen MR) is 72.2 cm³/mol. The second-order valence-electron chi connectivity index (χ2n) is 4.33. The molecule has 0 spiro atoms. The van der Waals surface area contributed by atoms with E-state index in [-0.39, 0.29) is 0 Å². The molecule has 0 radical (unpaired) electrons. The van der Waals surface area contributed by atoms with Crippen molar-refractivity contribution in [2.45, 2.75) is 20.8 Å². The highest BCUT2D eigenvalue weighted by molar-refractivity contribution is 5.73. The van der Waals surface area contributed by atoms with Gasteiger partial charge in [0.1, 0.15) is 17.2 Å². The smallest absolute Gasteiger partial charge is 0.295 e. The van der Waals surface area contributed by atoms with E-state index >= 15 is 0 Å². The van der Waals surface area contributed by atoms with Crippen LogP contribution in [-0.2, 0) is 0 Å². The van der Waals surface area contributed by atoms with Gasteiger partial charge in [-0.3, -0.25) is 0 Å². The molecule has 1 heterocycles. The van der Waals surface area contributed by atoms with E-state index in [4.69, 9.17) is 9.15 Å². The summed E-state index contributed by atoms with van der Waals surface area (Å²) in [5.74, 6) is 1.61. The summed E-state index contributed by atoms with van der Waals surface area (Å²) in [4.78, 5) is 4.44. The third-order valence-corrected chi connectivity index (χ3v) is 2.91. The van der Waals surface area contributed by atoms with Crippen molar-refractivity contribution in [1.29, 1.82) is 0 Å². The lowest BCUT2D eigenvalue weighted by Gasteiger charge is -2.11. The molecule has 0 unspecified atom stereocenters. The van der Waals surface area contributed by atoms with Gasteiger partial charge < -0.3 is 14.5 Å². The monoisotopic (exact) mass is 246 g/mol. The van der Waals surface area contributed by atoms with Crippen LogP contribution >= 0.6 is 0 Å². The number of oxazole rings is 1. The number of benzene rings is 1. The summed E-state index contributed by atoms with van der Waals surface area (Å²) in [6.45, 7) is 6.01. The largest absolute Gasteiger partial charge is 0.496 e. The summed E-state index contributed by atoms with van der Waals surface area (Å²) < 4.78 is 11.0. The molecule has 4 nitrogen and oxygen atoms in total. The Morgan fingerprint density at radius 3 is 2.50 bits per heavy atom. The van der Waals surface area contributed by atoms with Crippen molar-refractivity contribution in [2.24, 2.45) is 0 Å². The van der Waals surface area contributed by atoms with Crippen LogP contribution < -0.4 is 10.1 Å². The molecule has 0 atom stereocenters. The van der Waals surface area contributed by atoms with Crippen molar-refractivity contribution in [1.82, 2.24) is 4.98 Å². The fraction of sp³-hybridized carbons (Fsp3) is 0.357. The molecular weight excluding hydrogens is 228 g/mol. The molecule has 0 amide bonds. The molecule has 4 heteroatoms. The second kappa shape index (κ2) is 4.72. The molecule has 0 saturated carbocycles. The van der Waals surface area contributed by atoms with Gasteiger partial charge in [-0.2, -0.15) is 4.98 Å². The van der Waals surface area contributed by atoms with Crippen LogP contribution in [0, 0.1) is 20.8 Å². The minimum atomic E-state index is 0.518. The maximum atomic E-state index is 5.53. The number of nitrogens with one attached hydrogen (secondary N) is 1. The van der Waals surface area contributed by atoms with E-state index < -0.39 is 0 Å². The molecule has 0 aliphatic rings. The van der Waals surface area contributed by atoms with Gasteiger partial charge in [-0.15, -0.1) is 0 Å². The zero-order valence-electron chi connectivity index (χ0n) is 11.4. The van der Waals surface area contributed by atoms with Crippen molar-refractivity contribution >= 4 is 6.01 Å². The first-order valence-electron chi connectivity index (χ1n) is 5.87. The summed E-state index contributed by atoms with van der Waals surface area (Å²) in [5, 5.41) is 2.91. The topological polar surface area (TPSA) is 47.3 Å². The number of anilines is 1. The molecule has 96 valence electrons. The molecular formula is C14H18N2O2. The van der Waals surface area contributed by atoms with Crippen LogP contribution in [0.3, 0.4) is 0 Å². The fourth-order valence-corrected chi connectivity index (χ4v) is 2.13. The first kappa shape index (κ1) is 12.5. The molecule has 1 aromatic carbocycles. The van der Waals surface area contributed by atoms with Gasteiger partial charge in [-0.25, -0.2) is 0 Å². The Balaban J connectivity index is 2.65. The minimum Gasteiger partial charge on any atom is -0.496 e. The van der Waals surface area contributed by atoms with Crippen molar-refractivity contribution < 1.29 is 9.15 Å². The predicted octanol–water partition coefficient (Wildman–Crippen LogP) is 3.32. The third-order valence-electron chi connectivity index (χ3n) is 2.91. The van der Waals surface area contributed by atoms with Crippen molar-refractivity contribution in [2.75, 3.05) is 19.5 Å². The number of rotatable bonds is 3. The van der Waals surface area contributed by atoms with Crippen molar-refractivity contribution in [3.8, 4) is 17.0 Å². The van der Waals surface area contributed by atoms with Crippen molar-refractivity contribution in [3.63, 3.8) is 0 Å². The number of aromatic nitrogens is 1. The summed E-state index contributed by atoms with van der Waals surface area (Å²) >= 11 is 0. The number of aryl methyl sites for hydroxylation is 3. The molecule has 0 fully saturated rings. The summed E-state index contributed by atoms with van der Waals surface area (Å²) in [6.07, 6.45) is 0. The molecule has 0 bridgehead atoms.